The molecule has 2 atom stereocenters. The summed E-state index contributed by atoms with van der Waals surface area (Å²) in [5.41, 5.74) is 7.88. The van der Waals surface area contributed by atoms with E-state index in [0.717, 1.165) is 6.54 Å². The average Bonchev–Trinajstić information content (AvgIpc) is 2.67. The van der Waals surface area contributed by atoms with E-state index >= 15 is 0 Å². The molecular weight excluding hydrogens is 174 g/mol. The molecule has 14 heavy (non-hydrogen) atoms. The average molecular weight is 191 g/mol. The van der Waals surface area contributed by atoms with Gasteiger partial charge in [-0.2, -0.15) is 0 Å². The van der Waals surface area contributed by atoms with E-state index in [1.54, 1.807) is 0 Å². The molecule has 0 spiro atoms. The number of rotatable bonds is 2. The van der Waals surface area contributed by atoms with Crippen molar-refractivity contribution in [1.29, 1.82) is 0 Å². The third kappa shape index (κ3) is 1.80. The molecule has 1 aromatic rings. The Hall–Kier alpha value is -0.900. The van der Waals surface area contributed by atoms with Crippen molar-refractivity contribution >= 4 is 0 Å². The minimum Gasteiger partial charge on any atom is -0.293 e. The summed E-state index contributed by atoms with van der Waals surface area (Å²) >= 11 is 0. The van der Waals surface area contributed by atoms with Crippen LogP contribution in [0.25, 0.3) is 0 Å². The van der Waals surface area contributed by atoms with Crippen LogP contribution in [0.1, 0.15) is 11.5 Å². The van der Waals surface area contributed by atoms with Crippen molar-refractivity contribution in [1.82, 2.24) is 15.8 Å². The maximum Gasteiger partial charge on any atom is 0.0806 e. The Labute approximate surface area is 85.1 Å². The molecule has 3 heteroatoms. The Morgan fingerprint density at radius 3 is 2.57 bits per heavy atom. The smallest absolute Gasteiger partial charge is 0.0806 e. The normalized spacial score (nSPS) is 27.1. The highest BCUT2D eigenvalue weighted by Crippen LogP contribution is 2.22. The quantitative estimate of drug-likeness (QED) is 0.723. The zero-order chi connectivity index (χ0) is 9.97. The largest absolute Gasteiger partial charge is 0.293 e. The maximum atomic E-state index is 3.28. The summed E-state index contributed by atoms with van der Waals surface area (Å²) in [5, 5.41) is 0. The summed E-state index contributed by atoms with van der Waals surface area (Å²) in [6, 6.07) is 10.6. The minimum absolute atomic E-state index is 0.386. The molecule has 0 amide bonds. The summed E-state index contributed by atoms with van der Waals surface area (Å²) in [6.07, 6.45) is 0.386. The minimum atomic E-state index is 0.386. The first-order chi connectivity index (χ1) is 6.79. The van der Waals surface area contributed by atoms with Gasteiger partial charge in [0.15, 0.2) is 0 Å². The molecular formula is C11H17N3. The predicted octanol–water partition coefficient (Wildman–Crippen LogP) is 0.766. The van der Waals surface area contributed by atoms with Crippen molar-refractivity contribution in [2.24, 2.45) is 0 Å². The lowest BCUT2D eigenvalue weighted by Gasteiger charge is -2.25. The van der Waals surface area contributed by atoms with Gasteiger partial charge >= 0.3 is 0 Å². The van der Waals surface area contributed by atoms with Crippen molar-refractivity contribution in [2.45, 2.75) is 12.1 Å². The second kappa shape index (κ2) is 4.09. The molecule has 2 rings (SSSR count). The van der Waals surface area contributed by atoms with Gasteiger partial charge in [-0.05, 0) is 19.7 Å². The van der Waals surface area contributed by atoms with Crippen molar-refractivity contribution in [2.75, 3.05) is 20.6 Å². The van der Waals surface area contributed by atoms with Crippen LogP contribution in [0.2, 0.25) is 0 Å². The van der Waals surface area contributed by atoms with E-state index in [-0.39, 0.29) is 0 Å². The van der Waals surface area contributed by atoms with E-state index < -0.39 is 0 Å². The first kappa shape index (κ1) is 9.65. The monoisotopic (exact) mass is 191 g/mol. The van der Waals surface area contributed by atoms with Crippen LogP contribution in [0.15, 0.2) is 30.3 Å². The number of hydrogen-bond donors (Lipinski definition) is 2. The molecule has 2 unspecified atom stereocenters. The summed E-state index contributed by atoms with van der Waals surface area (Å²) in [5.74, 6) is 0.534. The molecule has 1 aliphatic heterocycles. The lowest BCUT2D eigenvalue weighted by atomic mass is 9.97. The fourth-order valence-corrected chi connectivity index (χ4v) is 1.98. The summed E-state index contributed by atoms with van der Waals surface area (Å²) in [4.78, 5) is 2.21. The molecule has 1 fully saturated rings. The number of benzene rings is 1. The SMILES string of the molecule is CN(C)C1NNCC1c1ccccc1. The van der Waals surface area contributed by atoms with Gasteiger partial charge in [-0.15, -0.1) is 0 Å². The van der Waals surface area contributed by atoms with Crippen LogP contribution in [0.3, 0.4) is 0 Å². The first-order valence-electron chi connectivity index (χ1n) is 4.99. The highest BCUT2D eigenvalue weighted by atomic mass is 15.5. The van der Waals surface area contributed by atoms with Crippen molar-refractivity contribution in [3.63, 3.8) is 0 Å². The fourth-order valence-electron chi connectivity index (χ4n) is 1.98. The standard InChI is InChI=1S/C11H17N3/c1-14(2)11-10(8-12-13-11)9-6-4-3-5-7-9/h3-7,10-13H,8H2,1-2H3. The van der Waals surface area contributed by atoms with Crippen LogP contribution in [0, 0.1) is 0 Å². The molecule has 0 aliphatic carbocycles. The number of likely N-dealkylation sites (N-methyl/N-ethyl adjacent to an activating group) is 1. The second-order valence-corrected chi connectivity index (χ2v) is 3.95. The van der Waals surface area contributed by atoms with Crippen molar-refractivity contribution in [3.8, 4) is 0 Å². The topological polar surface area (TPSA) is 27.3 Å². The molecule has 2 N–H and O–H groups in total. The molecule has 0 aromatic heterocycles. The van der Waals surface area contributed by atoms with Crippen LogP contribution in [-0.4, -0.2) is 31.7 Å². The van der Waals surface area contributed by atoms with E-state index in [1.807, 2.05) is 0 Å². The number of nitrogens with zero attached hydrogens (tertiary/aromatic N) is 1. The molecule has 0 bridgehead atoms. The van der Waals surface area contributed by atoms with Gasteiger partial charge in [-0.25, -0.2) is 5.43 Å². The Kier molecular flexibility index (Phi) is 2.82. The Morgan fingerprint density at radius 2 is 1.93 bits per heavy atom. The zero-order valence-corrected chi connectivity index (χ0v) is 8.70. The molecule has 0 saturated carbocycles. The highest BCUT2D eigenvalue weighted by Gasteiger charge is 2.29. The first-order valence-corrected chi connectivity index (χ1v) is 4.99. The van der Waals surface area contributed by atoms with Crippen LogP contribution in [0.5, 0.6) is 0 Å². The van der Waals surface area contributed by atoms with E-state index in [4.69, 9.17) is 0 Å². The van der Waals surface area contributed by atoms with Crippen LogP contribution in [0.4, 0.5) is 0 Å². The lowest BCUT2D eigenvalue weighted by molar-refractivity contribution is 0.246. The number of hydrogen-bond acceptors (Lipinski definition) is 3. The molecule has 1 heterocycles. The maximum absolute atomic E-state index is 3.28. The van der Waals surface area contributed by atoms with Crippen molar-refractivity contribution < 1.29 is 0 Å². The Morgan fingerprint density at radius 1 is 1.21 bits per heavy atom. The van der Waals surface area contributed by atoms with Gasteiger partial charge in [-0.1, -0.05) is 30.3 Å². The molecule has 1 aliphatic rings. The Bertz CT molecular complexity index is 284. The molecule has 1 aromatic carbocycles. The van der Waals surface area contributed by atoms with Crippen LogP contribution >= 0.6 is 0 Å². The number of hydrazine groups is 1. The molecule has 1 saturated heterocycles. The van der Waals surface area contributed by atoms with E-state index in [0.29, 0.717) is 12.1 Å². The van der Waals surface area contributed by atoms with E-state index in [2.05, 4.69) is 60.2 Å². The Balaban J connectivity index is 2.18. The summed E-state index contributed by atoms with van der Waals surface area (Å²) in [7, 11) is 4.20. The summed E-state index contributed by atoms with van der Waals surface area (Å²) in [6.45, 7) is 0.993. The van der Waals surface area contributed by atoms with Gasteiger partial charge < -0.3 is 0 Å². The third-order valence-corrected chi connectivity index (χ3v) is 2.74. The van der Waals surface area contributed by atoms with Gasteiger partial charge in [0.05, 0.1) is 6.17 Å². The van der Waals surface area contributed by atoms with Gasteiger partial charge in [0, 0.05) is 12.5 Å². The van der Waals surface area contributed by atoms with Gasteiger partial charge in [0.25, 0.3) is 0 Å². The van der Waals surface area contributed by atoms with Gasteiger partial charge in [-0.3, -0.25) is 10.3 Å². The predicted molar refractivity (Wildman–Crippen MR) is 57.8 cm³/mol. The summed E-state index contributed by atoms with van der Waals surface area (Å²) < 4.78 is 0. The number of nitrogens with one attached hydrogen (secondary N) is 2. The van der Waals surface area contributed by atoms with Crippen LogP contribution < -0.4 is 10.9 Å². The second-order valence-electron chi connectivity index (χ2n) is 3.95. The fraction of sp³-hybridized carbons (Fsp3) is 0.455. The third-order valence-electron chi connectivity index (χ3n) is 2.74. The zero-order valence-electron chi connectivity index (χ0n) is 8.70. The molecule has 76 valence electrons. The van der Waals surface area contributed by atoms with Crippen molar-refractivity contribution in [3.05, 3.63) is 35.9 Å². The van der Waals surface area contributed by atoms with E-state index in [1.165, 1.54) is 5.56 Å². The molecule has 0 radical (unpaired) electrons. The highest BCUT2D eigenvalue weighted by molar-refractivity contribution is 5.22. The molecule has 3 nitrogen and oxygen atoms in total. The van der Waals surface area contributed by atoms with Gasteiger partial charge in [0.1, 0.15) is 0 Å². The lowest BCUT2D eigenvalue weighted by Crippen LogP contribution is -2.42. The van der Waals surface area contributed by atoms with E-state index in [9.17, 15) is 0 Å². The van der Waals surface area contributed by atoms with Gasteiger partial charge in [0.2, 0.25) is 0 Å². The van der Waals surface area contributed by atoms with Crippen LogP contribution in [-0.2, 0) is 0 Å².